The van der Waals surface area contributed by atoms with Crippen LogP contribution < -0.4 is 5.32 Å². The van der Waals surface area contributed by atoms with Crippen molar-refractivity contribution < 1.29 is 9.18 Å². The Morgan fingerprint density at radius 3 is 2.72 bits per heavy atom. The van der Waals surface area contributed by atoms with Crippen molar-refractivity contribution in [3.8, 4) is 0 Å². The molecule has 0 aliphatic heterocycles. The number of nitrogens with one attached hydrogen (secondary N) is 1. The van der Waals surface area contributed by atoms with E-state index in [2.05, 4.69) is 29.0 Å². The van der Waals surface area contributed by atoms with E-state index in [9.17, 15) is 9.18 Å². The van der Waals surface area contributed by atoms with Crippen molar-refractivity contribution in [1.82, 2.24) is 15.2 Å². The van der Waals surface area contributed by atoms with Gasteiger partial charge in [-0.05, 0) is 32.2 Å². The molecule has 1 N–H and O–H groups in total. The van der Waals surface area contributed by atoms with Crippen LogP contribution in [0.1, 0.15) is 37.0 Å². The second-order valence-electron chi connectivity index (χ2n) is 5.73. The van der Waals surface area contributed by atoms with Gasteiger partial charge in [0.1, 0.15) is 10.8 Å². The largest absolute Gasteiger partial charge is 0.346 e. The summed E-state index contributed by atoms with van der Waals surface area (Å²) in [6.07, 6.45) is 1.55. The second kappa shape index (κ2) is 9.44. The standard InChI is InChI=1S/C19H24FN3OS/c1-4-23(5-2)12-16-13-25-18(22-16)11-21-19(24)14(3)10-15-8-6-7-9-17(15)20/h6-10,13H,4-5,11-12H2,1-3H3,(H,21,24)/b14-10+. The summed E-state index contributed by atoms with van der Waals surface area (Å²) in [6.45, 7) is 9.10. The smallest absolute Gasteiger partial charge is 0.247 e. The predicted molar refractivity (Wildman–Crippen MR) is 101 cm³/mol. The molecule has 1 heterocycles. The zero-order valence-corrected chi connectivity index (χ0v) is 15.7. The lowest BCUT2D eigenvalue weighted by atomic mass is 10.1. The maximum absolute atomic E-state index is 13.6. The van der Waals surface area contributed by atoms with Crippen LogP contribution in [-0.2, 0) is 17.9 Å². The predicted octanol–water partition coefficient (Wildman–Crippen LogP) is 3.84. The van der Waals surface area contributed by atoms with Crippen LogP contribution in [-0.4, -0.2) is 28.9 Å². The molecule has 0 bridgehead atoms. The molecule has 0 spiro atoms. The average Bonchev–Trinajstić information content (AvgIpc) is 3.07. The summed E-state index contributed by atoms with van der Waals surface area (Å²) in [4.78, 5) is 19.0. The van der Waals surface area contributed by atoms with Gasteiger partial charge >= 0.3 is 0 Å². The average molecular weight is 361 g/mol. The number of rotatable bonds is 8. The molecule has 134 valence electrons. The van der Waals surface area contributed by atoms with E-state index in [0.29, 0.717) is 17.7 Å². The summed E-state index contributed by atoms with van der Waals surface area (Å²) >= 11 is 1.54. The normalized spacial score (nSPS) is 11.8. The van der Waals surface area contributed by atoms with Crippen molar-refractivity contribution in [2.24, 2.45) is 0 Å². The molecule has 0 fully saturated rings. The molecule has 0 saturated carbocycles. The van der Waals surface area contributed by atoms with Gasteiger partial charge in [-0.3, -0.25) is 9.69 Å². The Bertz CT molecular complexity index is 738. The van der Waals surface area contributed by atoms with Crippen molar-refractivity contribution in [1.29, 1.82) is 0 Å². The van der Waals surface area contributed by atoms with E-state index in [0.717, 1.165) is 30.3 Å². The number of hydrogen-bond donors (Lipinski definition) is 1. The minimum absolute atomic E-state index is 0.219. The topological polar surface area (TPSA) is 45.2 Å². The first-order chi connectivity index (χ1) is 12.0. The SMILES string of the molecule is CCN(CC)Cc1csc(CNC(=O)/C(C)=C/c2ccccc2F)n1. The fourth-order valence-corrected chi connectivity index (χ4v) is 3.09. The van der Waals surface area contributed by atoms with Gasteiger partial charge in [-0.2, -0.15) is 0 Å². The fourth-order valence-electron chi connectivity index (χ4n) is 2.37. The van der Waals surface area contributed by atoms with Crippen LogP contribution in [0.15, 0.2) is 35.2 Å². The second-order valence-corrected chi connectivity index (χ2v) is 6.67. The van der Waals surface area contributed by atoms with Gasteiger partial charge in [0.15, 0.2) is 0 Å². The van der Waals surface area contributed by atoms with E-state index < -0.39 is 0 Å². The Labute approximate surface area is 152 Å². The number of aromatic nitrogens is 1. The van der Waals surface area contributed by atoms with Crippen molar-refractivity contribution in [2.75, 3.05) is 13.1 Å². The van der Waals surface area contributed by atoms with Crippen LogP contribution >= 0.6 is 11.3 Å². The van der Waals surface area contributed by atoms with Crippen LogP contribution in [0.5, 0.6) is 0 Å². The third-order valence-corrected chi connectivity index (χ3v) is 4.81. The zero-order valence-electron chi connectivity index (χ0n) is 14.9. The summed E-state index contributed by atoms with van der Waals surface area (Å²) in [6, 6.07) is 6.39. The molecular formula is C19H24FN3OS. The minimum atomic E-state index is -0.337. The molecule has 1 amide bonds. The van der Waals surface area contributed by atoms with E-state index in [1.807, 2.05) is 5.38 Å². The number of benzene rings is 1. The van der Waals surface area contributed by atoms with Gasteiger partial charge in [0.05, 0.1) is 12.2 Å². The highest BCUT2D eigenvalue weighted by Crippen LogP contribution is 2.13. The van der Waals surface area contributed by atoms with E-state index in [4.69, 9.17) is 0 Å². The maximum atomic E-state index is 13.6. The molecule has 25 heavy (non-hydrogen) atoms. The Kier molecular flexibility index (Phi) is 7.28. The molecule has 2 rings (SSSR count). The molecule has 0 unspecified atom stereocenters. The minimum Gasteiger partial charge on any atom is -0.346 e. The molecule has 1 aromatic heterocycles. The molecule has 0 aliphatic rings. The van der Waals surface area contributed by atoms with Crippen molar-refractivity contribution in [3.05, 3.63) is 57.3 Å². The maximum Gasteiger partial charge on any atom is 0.247 e. The van der Waals surface area contributed by atoms with Crippen LogP contribution in [0.3, 0.4) is 0 Å². The monoisotopic (exact) mass is 361 g/mol. The summed E-state index contributed by atoms with van der Waals surface area (Å²) in [7, 11) is 0. The first-order valence-electron chi connectivity index (χ1n) is 8.40. The Balaban J connectivity index is 1.91. The highest BCUT2D eigenvalue weighted by Gasteiger charge is 2.09. The summed E-state index contributed by atoms with van der Waals surface area (Å²) in [5, 5.41) is 5.74. The number of nitrogens with zero attached hydrogens (tertiary/aromatic N) is 2. The number of halogens is 1. The number of carbonyl (C=O) groups excluding carboxylic acids is 1. The Morgan fingerprint density at radius 2 is 2.04 bits per heavy atom. The number of hydrogen-bond acceptors (Lipinski definition) is 4. The quantitative estimate of drug-likeness (QED) is 0.727. The summed E-state index contributed by atoms with van der Waals surface area (Å²) in [5.41, 5.74) is 1.90. The lowest BCUT2D eigenvalue weighted by molar-refractivity contribution is -0.117. The van der Waals surface area contributed by atoms with Gasteiger partial charge in [-0.25, -0.2) is 9.37 Å². The number of carbonyl (C=O) groups is 1. The van der Waals surface area contributed by atoms with Crippen molar-refractivity contribution in [2.45, 2.75) is 33.9 Å². The van der Waals surface area contributed by atoms with Gasteiger partial charge in [-0.15, -0.1) is 11.3 Å². The van der Waals surface area contributed by atoms with Gasteiger partial charge in [-0.1, -0.05) is 32.0 Å². The van der Waals surface area contributed by atoms with Gasteiger partial charge < -0.3 is 5.32 Å². The zero-order chi connectivity index (χ0) is 18.2. The first-order valence-corrected chi connectivity index (χ1v) is 9.28. The van der Waals surface area contributed by atoms with Gasteiger partial charge in [0.25, 0.3) is 0 Å². The Hall–Kier alpha value is -2.05. The highest BCUT2D eigenvalue weighted by atomic mass is 32.1. The molecule has 4 nitrogen and oxygen atoms in total. The first kappa shape index (κ1) is 19.3. The fraction of sp³-hybridized carbons (Fsp3) is 0.368. The van der Waals surface area contributed by atoms with Gasteiger partial charge in [0, 0.05) is 23.1 Å². The molecule has 0 aliphatic carbocycles. The van der Waals surface area contributed by atoms with Crippen molar-refractivity contribution in [3.63, 3.8) is 0 Å². The third-order valence-electron chi connectivity index (χ3n) is 3.91. The Morgan fingerprint density at radius 1 is 1.32 bits per heavy atom. The van der Waals surface area contributed by atoms with Crippen LogP contribution in [0, 0.1) is 5.82 Å². The van der Waals surface area contributed by atoms with E-state index in [1.165, 1.54) is 6.07 Å². The van der Waals surface area contributed by atoms with Gasteiger partial charge in [0.2, 0.25) is 5.91 Å². The summed E-state index contributed by atoms with van der Waals surface area (Å²) < 4.78 is 13.6. The van der Waals surface area contributed by atoms with Crippen LogP contribution in [0.2, 0.25) is 0 Å². The number of amides is 1. The van der Waals surface area contributed by atoms with E-state index >= 15 is 0 Å². The van der Waals surface area contributed by atoms with Crippen molar-refractivity contribution >= 4 is 23.3 Å². The molecule has 1 aromatic carbocycles. The molecular weight excluding hydrogens is 337 g/mol. The summed E-state index contributed by atoms with van der Waals surface area (Å²) in [5.74, 6) is -0.556. The third kappa shape index (κ3) is 5.76. The number of thiazole rings is 1. The molecule has 0 saturated heterocycles. The highest BCUT2D eigenvalue weighted by molar-refractivity contribution is 7.09. The van der Waals surface area contributed by atoms with E-state index in [-0.39, 0.29) is 11.7 Å². The molecule has 0 radical (unpaired) electrons. The molecule has 0 atom stereocenters. The lowest BCUT2D eigenvalue weighted by Crippen LogP contribution is -2.24. The molecule has 6 heteroatoms. The molecule has 2 aromatic rings. The lowest BCUT2D eigenvalue weighted by Gasteiger charge is -2.15. The van der Waals surface area contributed by atoms with Crippen LogP contribution in [0.4, 0.5) is 4.39 Å². The van der Waals surface area contributed by atoms with Crippen LogP contribution in [0.25, 0.3) is 6.08 Å². The van der Waals surface area contributed by atoms with E-state index in [1.54, 1.807) is 42.5 Å².